The molecule has 29 heavy (non-hydrogen) atoms. The van der Waals surface area contributed by atoms with E-state index in [1.54, 1.807) is 0 Å². The maximum atomic E-state index is 6.44. The Kier molecular flexibility index (Phi) is 5.72. The van der Waals surface area contributed by atoms with Gasteiger partial charge in [-0.1, -0.05) is 68.7 Å². The van der Waals surface area contributed by atoms with Crippen LogP contribution < -0.4 is 11.5 Å². The fraction of sp³-hybridized carbons (Fsp3) is 0.240. The van der Waals surface area contributed by atoms with Crippen molar-refractivity contribution in [1.29, 1.82) is 0 Å². The molecule has 0 bridgehead atoms. The number of halogens is 1. The Morgan fingerprint density at radius 3 is 2.41 bits per heavy atom. The van der Waals surface area contributed by atoms with E-state index in [1.807, 2.05) is 30.3 Å². The molecular formula is C25H26BrN3. The van der Waals surface area contributed by atoms with Crippen LogP contribution in [-0.4, -0.2) is 4.98 Å². The second kappa shape index (κ2) is 8.42. The smallest absolute Gasteiger partial charge is 0.0808 e. The van der Waals surface area contributed by atoms with Gasteiger partial charge < -0.3 is 11.5 Å². The van der Waals surface area contributed by atoms with Crippen LogP contribution >= 0.6 is 15.9 Å². The highest BCUT2D eigenvalue weighted by atomic mass is 79.9. The second-order valence-corrected chi connectivity index (χ2v) is 8.36. The number of rotatable bonds is 6. The van der Waals surface area contributed by atoms with Gasteiger partial charge in [0.1, 0.15) is 0 Å². The Morgan fingerprint density at radius 2 is 1.66 bits per heavy atom. The average molecular weight is 448 g/mol. The van der Waals surface area contributed by atoms with Crippen LogP contribution in [0.15, 0.2) is 59.1 Å². The standard InChI is InChI=1S/C25H26BrN3/c1-2-3-4-6-12-17-15-20(28)23(26)22-18-13-9-14-19(27)21(18)24(29-25(17)22)16-10-7-5-8-11-16/h5,7-11,13-15H,2-4,6,12,27-28H2,1H3. The summed E-state index contributed by atoms with van der Waals surface area (Å²) in [4.78, 5) is 5.17. The molecule has 0 spiro atoms. The summed E-state index contributed by atoms with van der Waals surface area (Å²) in [7, 11) is 0. The van der Waals surface area contributed by atoms with Crippen molar-refractivity contribution in [3.63, 3.8) is 0 Å². The van der Waals surface area contributed by atoms with E-state index in [4.69, 9.17) is 16.5 Å². The van der Waals surface area contributed by atoms with Gasteiger partial charge in [-0.2, -0.15) is 0 Å². The molecule has 148 valence electrons. The number of hydrogen-bond acceptors (Lipinski definition) is 3. The van der Waals surface area contributed by atoms with Crippen LogP contribution in [0.4, 0.5) is 11.4 Å². The number of aromatic nitrogens is 1. The maximum absolute atomic E-state index is 6.44. The number of unbranched alkanes of at least 4 members (excludes halogenated alkanes) is 3. The minimum atomic E-state index is 0.731. The molecule has 0 saturated carbocycles. The summed E-state index contributed by atoms with van der Waals surface area (Å²) < 4.78 is 0.896. The number of pyridine rings is 1. The number of nitrogen functional groups attached to an aromatic ring is 2. The largest absolute Gasteiger partial charge is 0.398 e. The highest BCUT2D eigenvalue weighted by molar-refractivity contribution is 9.10. The molecular weight excluding hydrogens is 422 g/mol. The van der Waals surface area contributed by atoms with Gasteiger partial charge in [0, 0.05) is 27.7 Å². The van der Waals surface area contributed by atoms with E-state index >= 15 is 0 Å². The van der Waals surface area contributed by atoms with Crippen molar-refractivity contribution in [2.24, 2.45) is 0 Å². The molecule has 0 aliphatic heterocycles. The summed E-state index contributed by atoms with van der Waals surface area (Å²) in [6, 6.07) is 18.4. The summed E-state index contributed by atoms with van der Waals surface area (Å²) in [6.45, 7) is 2.23. The average Bonchev–Trinajstić information content (AvgIpc) is 2.74. The predicted octanol–water partition coefficient (Wildman–Crippen LogP) is 7.10. The summed E-state index contributed by atoms with van der Waals surface area (Å²) >= 11 is 3.73. The third kappa shape index (κ3) is 3.69. The fourth-order valence-corrected chi connectivity index (χ4v) is 4.57. The van der Waals surface area contributed by atoms with E-state index in [0.717, 1.165) is 61.6 Å². The van der Waals surface area contributed by atoms with Gasteiger partial charge in [0.05, 0.1) is 15.7 Å². The summed E-state index contributed by atoms with van der Waals surface area (Å²) in [6.07, 6.45) is 5.82. The molecule has 4 rings (SSSR count). The van der Waals surface area contributed by atoms with Crippen molar-refractivity contribution in [2.75, 3.05) is 11.5 Å². The van der Waals surface area contributed by atoms with Crippen LogP contribution in [0.25, 0.3) is 32.9 Å². The first-order valence-electron chi connectivity index (χ1n) is 10.3. The molecule has 3 aromatic carbocycles. The van der Waals surface area contributed by atoms with Gasteiger partial charge in [0.2, 0.25) is 0 Å². The van der Waals surface area contributed by atoms with Crippen molar-refractivity contribution in [3.8, 4) is 11.3 Å². The molecule has 0 fully saturated rings. The van der Waals surface area contributed by atoms with Crippen LogP contribution in [0.1, 0.15) is 38.2 Å². The van der Waals surface area contributed by atoms with Gasteiger partial charge in [-0.05, 0) is 51.9 Å². The van der Waals surface area contributed by atoms with Gasteiger partial charge in [0.25, 0.3) is 0 Å². The molecule has 0 aliphatic carbocycles. The van der Waals surface area contributed by atoms with Crippen LogP contribution in [0, 0.1) is 0 Å². The monoisotopic (exact) mass is 447 g/mol. The first kappa shape index (κ1) is 19.7. The predicted molar refractivity (Wildman–Crippen MR) is 129 cm³/mol. The van der Waals surface area contributed by atoms with Gasteiger partial charge in [-0.25, -0.2) is 4.98 Å². The normalized spacial score (nSPS) is 11.4. The molecule has 4 aromatic rings. The fourth-order valence-electron chi connectivity index (χ4n) is 4.05. The zero-order valence-electron chi connectivity index (χ0n) is 16.7. The summed E-state index contributed by atoms with van der Waals surface area (Å²) in [5, 5.41) is 3.12. The number of anilines is 2. The minimum absolute atomic E-state index is 0.731. The Bertz CT molecular complexity index is 1170. The lowest BCUT2D eigenvalue weighted by Crippen LogP contribution is -2.00. The number of hydrogen-bond donors (Lipinski definition) is 2. The molecule has 0 amide bonds. The molecule has 0 atom stereocenters. The highest BCUT2D eigenvalue weighted by Crippen LogP contribution is 2.41. The molecule has 3 nitrogen and oxygen atoms in total. The minimum Gasteiger partial charge on any atom is -0.398 e. The third-order valence-electron chi connectivity index (χ3n) is 5.52. The molecule has 4 N–H and O–H groups in total. The molecule has 1 heterocycles. The first-order chi connectivity index (χ1) is 14.1. The lowest BCUT2D eigenvalue weighted by atomic mass is 9.95. The molecule has 4 heteroatoms. The number of nitrogens with zero attached hydrogens (tertiary/aromatic N) is 1. The SMILES string of the molecule is CCCCCCc1cc(N)c(Br)c2c1nc(-c1ccccc1)c1c(N)cccc12. The number of nitrogens with two attached hydrogens (primary N) is 2. The van der Waals surface area contributed by atoms with Crippen molar-refractivity contribution >= 4 is 49.0 Å². The van der Waals surface area contributed by atoms with Gasteiger partial charge in [-0.3, -0.25) is 0 Å². The van der Waals surface area contributed by atoms with Crippen molar-refractivity contribution < 1.29 is 0 Å². The molecule has 0 radical (unpaired) electrons. The topological polar surface area (TPSA) is 64.9 Å². The third-order valence-corrected chi connectivity index (χ3v) is 6.37. The lowest BCUT2D eigenvalue weighted by molar-refractivity contribution is 0.668. The van der Waals surface area contributed by atoms with Crippen LogP contribution in [0.2, 0.25) is 0 Å². The van der Waals surface area contributed by atoms with E-state index in [2.05, 4.69) is 47.1 Å². The van der Waals surface area contributed by atoms with Crippen molar-refractivity contribution in [1.82, 2.24) is 4.98 Å². The zero-order valence-corrected chi connectivity index (χ0v) is 18.3. The van der Waals surface area contributed by atoms with E-state index < -0.39 is 0 Å². The highest BCUT2D eigenvalue weighted by Gasteiger charge is 2.18. The van der Waals surface area contributed by atoms with E-state index in [0.29, 0.717) is 0 Å². The van der Waals surface area contributed by atoms with Gasteiger partial charge >= 0.3 is 0 Å². The molecule has 1 aromatic heterocycles. The number of benzene rings is 3. The second-order valence-electron chi connectivity index (χ2n) is 7.57. The zero-order chi connectivity index (χ0) is 20.4. The van der Waals surface area contributed by atoms with Gasteiger partial charge in [0.15, 0.2) is 0 Å². The lowest BCUT2D eigenvalue weighted by Gasteiger charge is -2.17. The Hall–Kier alpha value is -2.59. The summed E-state index contributed by atoms with van der Waals surface area (Å²) in [5.41, 5.74) is 18.5. The van der Waals surface area contributed by atoms with Crippen molar-refractivity contribution in [3.05, 3.63) is 64.6 Å². The van der Waals surface area contributed by atoms with Crippen molar-refractivity contribution in [2.45, 2.75) is 39.0 Å². The number of aryl methyl sites for hydroxylation is 1. The van der Waals surface area contributed by atoms with Gasteiger partial charge in [-0.15, -0.1) is 0 Å². The Labute approximate surface area is 180 Å². The van der Waals surface area contributed by atoms with E-state index in [-0.39, 0.29) is 0 Å². The summed E-state index contributed by atoms with van der Waals surface area (Å²) in [5.74, 6) is 0. The number of fused-ring (bicyclic) bond motifs is 3. The quantitative estimate of drug-likeness (QED) is 0.188. The van der Waals surface area contributed by atoms with E-state index in [9.17, 15) is 0 Å². The maximum Gasteiger partial charge on any atom is 0.0808 e. The Balaban J connectivity index is 2.04. The van der Waals surface area contributed by atoms with Crippen LogP contribution in [0.5, 0.6) is 0 Å². The first-order valence-corrected chi connectivity index (χ1v) is 11.0. The van der Waals surface area contributed by atoms with Crippen LogP contribution in [-0.2, 0) is 6.42 Å². The molecule has 0 aliphatic rings. The molecule has 0 unspecified atom stereocenters. The van der Waals surface area contributed by atoms with E-state index in [1.165, 1.54) is 24.8 Å². The Morgan fingerprint density at radius 1 is 0.862 bits per heavy atom. The molecule has 0 saturated heterocycles. The van der Waals surface area contributed by atoms with Crippen LogP contribution in [0.3, 0.4) is 0 Å².